The highest BCUT2D eigenvalue weighted by molar-refractivity contribution is 6.42. The maximum atomic E-state index is 12.5. The van der Waals surface area contributed by atoms with Crippen LogP contribution in [0, 0.1) is 0 Å². The van der Waals surface area contributed by atoms with Crippen molar-refractivity contribution in [2.75, 3.05) is 20.3 Å². The lowest BCUT2D eigenvalue weighted by molar-refractivity contribution is -0.136. The molecule has 0 saturated carbocycles. The maximum Gasteiger partial charge on any atom is 0.337 e. The second-order valence-corrected chi connectivity index (χ2v) is 11.2. The molecule has 2 heterocycles. The Balaban J connectivity index is 1.26. The van der Waals surface area contributed by atoms with Crippen LogP contribution in [0.5, 0.6) is 11.5 Å². The van der Waals surface area contributed by atoms with Crippen LogP contribution in [0.25, 0.3) is 10.9 Å². The zero-order valence-electron chi connectivity index (χ0n) is 25.3. The summed E-state index contributed by atoms with van der Waals surface area (Å²) in [6.07, 6.45) is 2.47. The number of methoxy groups -OCH3 is 1. The molecule has 0 saturated heterocycles. The van der Waals surface area contributed by atoms with E-state index in [1.807, 2.05) is 49.5 Å². The topological polar surface area (TPSA) is 135 Å². The van der Waals surface area contributed by atoms with Crippen LogP contribution in [-0.2, 0) is 16.1 Å². The largest absolute Gasteiger partial charge is 0.490 e. The summed E-state index contributed by atoms with van der Waals surface area (Å²) in [5.41, 5.74) is 6.81. The molecule has 4 aromatic rings. The van der Waals surface area contributed by atoms with E-state index in [4.69, 9.17) is 37.4 Å². The molecule has 5 rings (SSSR count). The monoisotopic (exact) mass is 665 g/mol. The molecule has 0 fully saturated rings. The lowest BCUT2D eigenvalue weighted by atomic mass is 9.95. The first-order valence-corrected chi connectivity index (χ1v) is 15.2. The number of amides is 2. The summed E-state index contributed by atoms with van der Waals surface area (Å²) < 4.78 is 18.7. The van der Waals surface area contributed by atoms with Gasteiger partial charge in [0.1, 0.15) is 6.61 Å². The number of halogens is 2. The highest BCUT2D eigenvalue weighted by Gasteiger charge is 2.32. The standard InChI is InChI=1S/C33H33Cl2N5O6/c1-4-45-28-14-21(31-30(32(42)44-3)19(2)37-33(43)38-31)10-12-27(28)46-18-29(41)39-36-15-22-17-40(26-8-6-5-7-23(22)26)16-20-9-11-24(34)25(35)13-20/h5-15,17,29,31,39,41H,4,16,18H2,1-3H3,(H2,37,38,43)/b36-15+/t29-,31-/m1/s1. The molecular formula is C33H33Cl2N5O6. The van der Waals surface area contributed by atoms with Crippen LogP contribution in [0.2, 0.25) is 10.0 Å². The van der Waals surface area contributed by atoms with E-state index < -0.39 is 24.3 Å². The van der Waals surface area contributed by atoms with Crippen molar-refractivity contribution in [3.8, 4) is 11.5 Å². The van der Waals surface area contributed by atoms with Gasteiger partial charge >= 0.3 is 12.0 Å². The summed E-state index contributed by atoms with van der Waals surface area (Å²) in [6, 6.07) is 17.3. The van der Waals surface area contributed by atoms with Gasteiger partial charge in [-0.25, -0.2) is 9.59 Å². The summed E-state index contributed by atoms with van der Waals surface area (Å²) in [5.74, 6) is 0.167. The van der Waals surface area contributed by atoms with Crippen LogP contribution in [-0.4, -0.2) is 54.4 Å². The zero-order chi connectivity index (χ0) is 32.8. The summed E-state index contributed by atoms with van der Waals surface area (Å²) >= 11 is 12.3. The number of nitrogens with zero attached hydrogens (tertiary/aromatic N) is 2. The molecule has 0 radical (unpaired) electrons. The van der Waals surface area contributed by atoms with E-state index in [9.17, 15) is 14.7 Å². The lowest BCUT2D eigenvalue weighted by Crippen LogP contribution is -2.45. The fourth-order valence-electron chi connectivity index (χ4n) is 5.16. The maximum absolute atomic E-state index is 12.5. The first-order chi connectivity index (χ1) is 22.2. The molecule has 0 unspecified atom stereocenters. The Morgan fingerprint density at radius 2 is 1.91 bits per heavy atom. The van der Waals surface area contributed by atoms with Crippen LogP contribution in [0.15, 0.2) is 83.2 Å². The Labute approximate surface area is 275 Å². The molecule has 2 atom stereocenters. The third kappa shape index (κ3) is 7.39. The number of benzene rings is 3. The second-order valence-electron chi connectivity index (χ2n) is 10.4. The predicted octanol–water partition coefficient (Wildman–Crippen LogP) is 5.52. The van der Waals surface area contributed by atoms with Gasteiger partial charge in [-0.2, -0.15) is 5.10 Å². The molecule has 2 amide bonds. The van der Waals surface area contributed by atoms with Crippen molar-refractivity contribution in [2.24, 2.45) is 5.10 Å². The van der Waals surface area contributed by atoms with E-state index >= 15 is 0 Å². The Morgan fingerprint density at radius 3 is 2.67 bits per heavy atom. The van der Waals surface area contributed by atoms with E-state index in [0.717, 1.165) is 22.0 Å². The van der Waals surface area contributed by atoms with Crippen molar-refractivity contribution >= 4 is 52.3 Å². The molecule has 240 valence electrons. The molecule has 11 nitrogen and oxygen atoms in total. The van der Waals surface area contributed by atoms with Crippen LogP contribution in [0.1, 0.15) is 36.6 Å². The van der Waals surface area contributed by atoms with Gasteiger partial charge in [0.2, 0.25) is 0 Å². The van der Waals surface area contributed by atoms with Crippen molar-refractivity contribution in [2.45, 2.75) is 32.7 Å². The molecule has 0 bridgehead atoms. The smallest absolute Gasteiger partial charge is 0.337 e. The van der Waals surface area contributed by atoms with Crippen molar-refractivity contribution in [3.05, 3.63) is 105 Å². The van der Waals surface area contributed by atoms with Crippen molar-refractivity contribution in [1.29, 1.82) is 0 Å². The fraction of sp³-hybridized carbons (Fsp3) is 0.242. The molecule has 4 N–H and O–H groups in total. The minimum atomic E-state index is -1.14. The van der Waals surface area contributed by atoms with Crippen LogP contribution >= 0.6 is 23.2 Å². The number of aliphatic hydroxyl groups excluding tert-OH is 1. The molecule has 46 heavy (non-hydrogen) atoms. The van der Waals surface area contributed by atoms with Gasteiger partial charge in [-0.3, -0.25) is 5.43 Å². The van der Waals surface area contributed by atoms with E-state index in [-0.39, 0.29) is 12.2 Å². The number of hydrazone groups is 1. The highest BCUT2D eigenvalue weighted by Crippen LogP contribution is 2.35. The Morgan fingerprint density at radius 1 is 1.11 bits per heavy atom. The molecule has 3 aromatic carbocycles. The number of allylic oxidation sites excluding steroid dienone is 1. The normalized spacial score (nSPS) is 15.4. The van der Waals surface area contributed by atoms with Crippen LogP contribution in [0.3, 0.4) is 0 Å². The molecule has 1 aromatic heterocycles. The van der Waals surface area contributed by atoms with Gasteiger partial charge in [-0.15, -0.1) is 0 Å². The van der Waals surface area contributed by atoms with Gasteiger partial charge in [0.25, 0.3) is 0 Å². The number of hydrogen-bond donors (Lipinski definition) is 4. The molecular weight excluding hydrogens is 633 g/mol. The molecule has 0 spiro atoms. The number of ether oxygens (including phenoxy) is 3. The Hall–Kier alpha value is -4.71. The number of urea groups is 1. The number of hydrogen-bond acceptors (Lipinski definition) is 8. The number of rotatable bonds is 12. The lowest BCUT2D eigenvalue weighted by Gasteiger charge is -2.28. The average molecular weight is 667 g/mol. The number of para-hydroxylation sites is 1. The van der Waals surface area contributed by atoms with Gasteiger partial charge < -0.3 is 34.5 Å². The highest BCUT2D eigenvalue weighted by atomic mass is 35.5. The van der Waals surface area contributed by atoms with Crippen molar-refractivity contribution in [3.63, 3.8) is 0 Å². The van der Waals surface area contributed by atoms with Crippen LogP contribution in [0.4, 0.5) is 4.79 Å². The average Bonchev–Trinajstić information content (AvgIpc) is 3.38. The van der Waals surface area contributed by atoms with E-state index in [2.05, 4.69) is 25.7 Å². The number of fused-ring (bicyclic) bond motifs is 1. The number of carbonyl (C=O) groups is 2. The van der Waals surface area contributed by atoms with Gasteiger partial charge in [0, 0.05) is 34.9 Å². The summed E-state index contributed by atoms with van der Waals surface area (Å²) in [7, 11) is 1.28. The minimum Gasteiger partial charge on any atom is -0.490 e. The van der Waals surface area contributed by atoms with Crippen molar-refractivity contribution < 1.29 is 28.9 Å². The number of esters is 1. The van der Waals surface area contributed by atoms with Gasteiger partial charge in [-0.1, -0.05) is 53.5 Å². The first-order valence-electron chi connectivity index (χ1n) is 14.4. The third-order valence-corrected chi connectivity index (χ3v) is 7.99. The van der Waals surface area contributed by atoms with Gasteiger partial charge in [0.15, 0.2) is 17.7 Å². The Kier molecular flexibility index (Phi) is 10.4. The molecule has 1 aliphatic rings. The quantitative estimate of drug-likeness (QED) is 0.0678. The van der Waals surface area contributed by atoms with Gasteiger partial charge in [-0.05, 0) is 55.3 Å². The number of aliphatic hydroxyl groups is 1. The van der Waals surface area contributed by atoms with E-state index in [1.54, 1.807) is 37.4 Å². The zero-order valence-corrected chi connectivity index (χ0v) is 26.9. The first kappa shape index (κ1) is 32.7. The summed E-state index contributed by atoms with van der Waals surface area (Å²) in [4.78, 5) is 24.7. The minimum absolute atomic E-state index is 0.146. The number of nitrogens with one attached hydrogen (secondary N) is 3. The summed E-state index contributed by atoms with van der Waals surface area (Å²) in [6.45, 7) is 4.22. The Bertz CT molecular complexity index is 1820. The molecule has 1 aliphatic heterocycles. The number of carbonyl (C=O) groups excluding carboxylic acids is 2. The third-order valence-electron chi connectivity index (χ3n) is 7.26. The van der Waals surface area contributed by atoms with E-state index in [0.29, 0.717) is 46.0 Å². The van der Waals surface area contributed by atoms with Crippen molar-refractivity contribution in [1.82, 2.24) is 20.6 Å². The predicted molar refractivity (Wildman–Crippen MR) is 176 cm³/mol. The molecule has 13 heteroatoms. The summed E-state index contributed by atoms with van der Waals surface area (Å²) in [5, 5.41) is 22.2. The fourth-order valence-corrected chi connectivity index (χ4v) is 5.48. The molecule has 0 aliphatic carbocycles. The SMILES string of the molecule is CCOc1cc([C@H]2NC(=O)NC(C)=C2C(=O)OC)ccc1OC[C@@H](O)N/N=C/c1cn(Cc2ccc(Cl)c(Cl)c2)c2ccccc12. The van der Waals surface area contributed by atoms with Gasteiger partial charge in [0.05, 0.1) is 41.6 Å². The van der Waals surface area contributed by atoms with E-state index in [1.165, 1.54) is 7.11 Å². The number of aromatic nitrogens is 1. The van der Waals surface area contributed by atoms with Crippen LogP contribution < -0.4 is 25.5 Å². The second kappa shape index (κ2) is 14.6.